The van der Waals surface area contributed by atoms with Crippen LogP contribution in [0.3, 0.4) is 0 Å². The normalized spacial score (nSPS) is 24.8. The fourth-order valence-corrected chi connectivity index (χ4v) is 2.00. The van der Waals surface area contributed by atoms with E-state index < -0.39 is 0 Å². The Bertz CT molecular complexity index is 371. The molecule has 1 aliphatic rings. The Balaban J connectivity index is 2.16. The molecule has 0 bridgehead atoms. The van der Waals surface area contributed by atoms with Crippen LogP contribution < -0.4 is 10.2 Å². The zero-order valence-electron chi connectivity index (χ0n) is 10.7. The molecular formula is C12H20N4O. The molecule has 1 saturated heterocycles. The maximum atomic E-state index is 5.62. The summed E-state index contributed by atoms with van der Waals surface area (Å²) in [4.78, 5) is 10.8. The number of morpholine rings is 1. The number of nitrogens with zero attached hydrogens (tertiary/aromatic N) is 3. The van der Waals surface area contributed by atoms with Crippen molar-refractivity contribution in [1.82, 2.24) is 9.97 Å². The molecule has 0 saturated carbocycles. The van der Waals surface area contributed by atoms with Crippen molar-refractivity contribution in [2.75, 3.05) is 29.9 Å². The average molecular weight is 236 g/mol. The Morgan fingerprint density at radius 1 is 1.47 bits per heavy atom. The molecule has 0 aromatic carbocycles. The Morgan fingerprint density at radius 2 is 2.29 bits per heavy atom. The number of hydrogen-bond donors (Lipinski definition) is 1. The number of hydrogen-bond acceptors (Lipinski definition) is 5. The smallest absolute Gasteiger partial charge is 0.134 e. The first-order valence-corrected chi connectivity index (χ1v) is 6.15. The lowest BCUT2D eigenvalue weighted by molar-refractivity contribution is 0.0340. The molecule has 2 rings (SSSR count). The molecule has 0 amide bonds. The summed E-state index contributed by atoms with van der Waals surface area (Å²) >= 11 is 0. The molecule has 1 aromatic rings. The molecule has 0 aliphatic carbocycles. The van der Waals surface area contributed by atoms with Crippen LogP contribution in [0.2, 0.25) is 0 Å². The van der Waals surface area contributed by atoms with Crippen molar-refractivity contribution in [3.8, 4) is 0 Å². The van der Waals surface area contributed by atoms with Crippen molar-refractivity contribution in [1.29, 1.82) is 0 Å². The van der Waals surface area contributed by atoms with Crippen molar-refractivity contribution in [2.45, 2.75) is 32.9 Å². The number of anilines is 2. The molecular weight excluding hydrogens is 216 g/mol. The summed E-state index contributed by atoms with van der Waals surface area (Å²) in [6.07, 6.45) is 1.86. The van der Waals surface area contributed by atoms with Gasteiger partial charge >= 0.3 is 0 Å². The zero-order valence-corrected chi connectivity index (χ0v) is 10.7. The number of rotatable bonds is 3. The van der Waals surface area contributed by atoms with E-state index in [1.165, 1.54) is 0 Å². The van der Waals surface area contributed by atoms with Gasteiger partial charge in [-0.1, -0.05) is 0 Å². The van der Waals surface area contributed by atoms with Gasteiger partial charge in [-0.25, -0.2) is 9.97 Å². The number of ether oxygens (including phenoxy) is 1. The predicted molar refractivity (Wildman–Crippen MR) is 68.4 cm³/mol. The summed E-state index contributed by atoms with van der Waals surface area (Å²) < 4.78 is 5.62. The highest BCUT2D eigenvalue weighted by molar-refractivity contribution is 5.49. The zero-order chi connectivity index (χ0) is 12.3. The van der Waals surface area contributed by atoms with E-state index in [2.05, 4.69) is 41.0 Å². The van der Waals surface area contributed by atoms with Gasteiger partial charge in [0.2, 0.25) is 0 Å². The van der Waals surface area contributed by atoms with E-state index >= 15 is 0 Å². The summed E-state index contributed by atoms with van der Waals surface area (Å²) in [6, 6.07) is 2.36. The molecule has 1 fully saturated rings. The molecule has 17 heavy (non-hydrogen) atoms. The fraction of sp³-hybridized carbons (Fsp3) is 0.667. The van der Waals surface area contributed by atoms with E-state index in [4.69, 9.17) is 4.74 Å². The molecule has 94 valence electrons. The molecule has 2 atom stereocenters. The predicted octanol–water partition coefficient (Wildman–Crippen LogP) is 1.52. The minimum Gasteiger partial charge on any atom is -0.375 e. The van der Waals surface area contributed by atoms with Crippen LogP contribution in [0.5, 0.6) is 0 Å². The molecule has 0 radical (unpaired) electrons. The van der Waals surface area contributed by atoms with E-state index in [9.17, 15) is 0 Å². The first-order chi connectivity index (χ1) is 8.20. The average Bonchev–Trinajstić information content (AvgIpc) is 2.33. The Morgan fingerprint density at radius 3 is 3.06 bits per heavy atom. The summed E-state index contributed by atoms with van der Waals surface area (Å²) in [6.45, 7) is 8.80. The van der Waals surface area contributed by atoms with Crippen molar-refractivity contribution < 1.29 is 4.74 Å². The quantitative estimate of drug-likeness (QED) is 0.862. The summed E-state index contributed by atoms with van der Waals surface area (Å²) in [5, 5.41) is 3.20. The van der Waals surface area contributed by atoms with Crippen LogP contribution in [0, 0.1) is 0 Å². The SMILES string of the molecule is CCNc1cc(N2CC(C)OCC2C)ncn1. The van der Waals surface area contributed by atoms with Gasteiger partial charge < -0.3 is 15.0 Å². The Hall–Kier alpha value is -1.36. The lowest BCUT2D eigenvalue weighted by Crippen LogP contribution is -2.47. The van der Waals surface area contributed by atoms with Crippen LogP contribution in [0.1, 0.15) is 20.8 Å². The van der Waals surface area contributed by atoms with Crippen molar-refractivity contribution >= 4 is 11.6 Å². The van der Waals surface area contributed by atoms with Crippen LogP contribution in [0.4, 0.5) is 11.6 Å². The summed E-state index contributed by atoms with van der Waals surface area (Å²) in [5.74, 6) is 1.85. The molecule has 2 unspecified atom stereocenters. The van der Waals surface area contributed by atoms with Gasteiger partial charge in [-0.3, -0.25) is 0 Å². The molecule has 2 heterocycles. The topological polar surface area (TPSA) is 50.3 Å². The van der Waals surface area contributed by atoms with Crippen LogP contribution >= 0.6 is 0 Å². The first-order valence-electron chi connectivity index (χ1n) is 6.15. The van der Waals surface area contributed by atoms with E-state index in [-0.39, 0.29) is 6.10 Å². The van der Waals surface area contributed by atoms with Crippen LogP contribution in [-0.4, -0.2) is 41.8 Å². The van der Waals surface area contributed by atoms with Gasteiger partial charge in [0.15, 0.2) is 0 Å². The highest BCUT2D eigenvalue weighted by Gasteiger charge is 2.24. The Kier molecular flexibility index (Phi) is 3.78. The van der Waals surface area contributed by atoms with E-state index in [0.717, 1.165) is 31.3 Å². The molecule has 1 N–H and O–H groups in total. The third-order valence-electron chi connectivity index (χ3n) is 2.91. The van der Waals surface area contributed by atoms with Gasteiger partial charge in [-0.05, 0) is 20.8 Å². The van der Waals surface area contributed by atoms with E-state index in [0.29, 0.717) is 6.04 Å². The Labute approximate surface area is 102 Å². The lowest BCUT2D eigenvalue weighted by atomic mass is 10.2. The highest BCUT2D eigenvalue weighted by atomic mass is 16.5. The van der Waals surface area contributed by atoms with Gasteiger partial charge in [0.1, 0.15) is 18.0 Å². The van der Waals surface area contributed by atoms with Crippen LogP contribution in [0.15, 0.2) is 12.4 Å². The van der Waals surface area contributed by atoms with Gasteiger partial charge in [-0.2, -0.15) is 0 Å². The maximum Gasteiger partial charge on any atom is 0.134 e. The van der Waals surface area contributed by atoms with Crippen LogP contribution in [0.25, 0.3) is 0 Å². The minimum atomic E-state index is 0.253. The largest absolute Gasteiger partial charge is 0.375 e. The van der Waals surface area contributed by atoms with Crippen molar-refractivity contribution in [3.05, 3.63) is 12.4 Å². The van der Waals surface area contributed by atoms with Gasteiger partial charge in [-0.15, -0.1) is 0 Å². The summed E-state index contributed by atoms with van der Waals surface area (Å²) in [5.41, 5.74) is 0. The standard InChI is InChI=1S/C12H20N4O/c1-4-13-11-5-12(15-8-14-11)16-6-10(3)17-7-9(16)2/h5,8-10H,4,6-7H2,1-3H3,(H,13,14,15). The number of aromatic nitrogens is 2. The van der Waals surface area contributed by atoms with Crippen molar-refractivity contribution in [2.24, 2.45) is 0 Å². The molecule has 1 aliphatic heterocycles. The first kappa shape index (κ1) is 12.1. The number of nitrogens with one attached hydrogen (secondary N) is 1. The summed E-state index contributed by atoms with van der Waals surface area (Å²) in [7, 11) is 0. The lowest BCUT2D eigenvalue weighted by Gasteiger charge is -2.37. The molecule has 1 aromatic heterocycles. The monoisotopic (exact) mass is 236 g/mol. The maximum absolute atomic E-state index is 5.62. The van der Waals surface area contributed by atoms with Crippen LogP contribution in [-0.2, 0) is 4.74 Å². The minimum absolute atomic E-state index is 0.253. The fourth-order valence-electron chi connectivity index (χ4n) is 2.00. The van der Waals surface area contributed by atoms with E-state index in [1.54, 1.807) is 6.33 Å². The third kappa shape index (κ3) is 2.85. The van der Waals surface area contributed by atoms with Gasteiger partial charge in [0.05, 0.1) is 18.8 Å². The van der Waals surface area contributed by atoms with Gasteiger partial charge in [0.25, 0.3) is 0 Å². The molecule has 5 nitrogen and oxygen atoms in total. The highest BCUT2D eigenvalue weighted by Crippen LogP contribution is 2.20. The van der Waals surface area contributed by atoms with Crippen molar-refractivity contribution in [3.63, 3.8) is 0 Å². The van der Waals surface area contributed by atoms with Gasteiger partial charge in [0, 0.05) is 19.2 Å². The molecule has 0 spiro atoms. The molecule has 5 heteroatoms. The third-order valence-corrected chi connectivity index (χ3v) is 2.91. The van der Waals surface area contributed by atoms with E-state index in [1.807, 2.05) is 6.07 Å². The second kappa shape index (κ2) is 5.31. The second-order valence-electron chi connectivity index (χ2n) is 4.44. The second-order valence-corrected chi connectivity index (χ2v) is 4.44.